The maximum Gasteiger partial charge on any atom is 0.329 e. The maximum atomic E-state index is 13.4. The number of nitrogens with zero attached hydrogens (tertiary/aromatic N) is 2. The van der Waals surface area contributed by atoms with E-state index >= 15 is 0 Å². The first-order chi connectivity index (χ1) is 9.02. The lowest BCUT2D eigenvalue weighted by molar-refractivity contribution is 0.178. The first kappa shape index (κ1) is 14.3. The van der Waals surface area contributed by atoms with Crippen LogP contribution < -0.4 is 11.2 Å². The van der Waals surface area contributed by atoms with Gasteiger partial charge in [0, 0.05) is 6.54 Å². The van der Waals surface area contributed by atoms with E-state index in [1.54, 1.807) is 0 Å². The molecule has 1 aromatic heterocycles. The van der Waals surface area contributed by atoms with Crippen LogP contribution in [0.1, 0.15) is 19.8 Å². The maximum absolute atomic E-state index is 13.4. The van der Waals surface area contributed by atoms with Gasteiger partial charge in [0.1, 0.15) is 0 Å². The summed E-state index contributed by atoms with van der Waals surface area (Å²) in [6.07, 6.45) is 1.81. The Hall–Kier alpha value is -1.14. The average Bonchev–Trinajstić information content (AvgIpc) is 2.42. The van der Waals surface area contributed by atoms with Crippen molar-refractivity contribution in [2.75, 3.05) is 19.6 Å². The summed E-state index contributed by atoms with van der Waals surface area (Å²) < 4.78 is 14.3. The van der Waals surface area contributed by atoms with Crippen LogP contribution in [0.25, 0.3) is 0 Å². The zero-order chi connectivity index (χ0) is 14.0. The van der Waals surface area contributed by atoms with Gasteiger partial charge in [-0.3, -0.25) is 14.3 Å². The number of aromatic nitrogens is 2. The molecule has 0 radical (unpaired) electrons. The molecule has 1 fully saturated rings. The van der Waals surface area contributed by atoms with E-state index in [9.17, 15) is 14.0 Å². The summed E-state index contributed by atoms with van der Waals surface area (Å²) in [5.41, 5.74) is -1.58. The number of rotatable bonds is 3. The minimum absolute atomic E-state index is 0.224. The van der Waals surface area contributed by atoms with Crippen molar-refractivity contribution in [3.05, 3.63) is 31.8 Å². The molecule has 1 N–H and O–H groups in total. The molecule has 1 aliphatic rings. The molecule has 2 heterocycles. The molecule has 1 aliphatic heterocycles. The predicted octanol–water partition coefficient (Wildman–Crippen LogP) is 1.06. The summed E-state index contributed by atoms with van der Waals surface area (Å²) in [5, 5.41) is -0.521. The van der Waals surface area contributed by atoms with Crippen molar-refractivity contribution in [2.45, 2.75) is 26.3 Å². The molecule has 1 aromatic rings. The van der Waals surface area contributed by atoms with E-state index in [0.29, 0.717) is 0 Å². The Kier molecular flexibility index (Phi) is 4.42. The first-order valence-corrected chi connectivity index (χ1v) is 6.81. The number of nitrogens with one attached hydrogen (secondary N) is 1. The third-order valence-corrected chi connectivity index (χ3v) is 3.94. The van der Waals surface area contributed by atoms with Gasteiger partial charge in [-0.2, -0.15) is 4.39 Å². The summed E-state index contributed by atoms with van der Waals surface area (Å²) in [6, 6.07) is 0. The van der Waals surface area contributed by atoms with Crippen LogP contribution >= 0.6 is 11.6 Å². The Morgan fingerprint density at radius 1 is 1.37 bits per heavy atom. The molecule has 0 aromatic carbocycles. The monoisotopic (exact) mass is 289 g/mol. The Balaban J connectivity index is 2.15. The number of H-pyrrole nitrogens is 1. The van der Waals surface area contributed by atoms with E-state index in [-0.39, 0.29) is 12.5 Å². The van der Waals surface area contributed by atoms with E-state index in [4.69, 9.17) is 11.6 Å². The molecule has 0 aliphatic carbocycles. The van der Waals surface area contributed by atoms with Gasteiger partial charge in [0.25, 0.3) is 5.56 Å². The van der Waals surface area contributed by atoms with Gasteiger partial charge in [-0.05, 0) is 38.4 Å². The fourth-order valence-corrected chi connectivity index (χ4v) is 2.59. The SMILES string of the molecule is CCN1CCC(Cn2c(=O)[nH]c(Cl)c(F)c2=O)CC1. The first-order valence-electron chi connectivity index (χ1n) is 6.43. The van der Waals surface area contributed by atoms with Crippen LogP contribution in [0, 0.1) is 11.7 Å². The zero-order valence-electron chi connectivity index (χ0n) is 10.8. The quantitative estimate of drug-likeness (QED) is 0.847. The average molecular weight is 290 g/mol. The molecule has 7 heteroatoms. The molecule has 0 atom stereocenters. The number of hydrogen-bond donors (Lipinski definition) is 1. The molecular formula is C12H17ClFN3O2. The molecule has 0 saturated carbocycles. The zero-order valence-corrected chi connectivity index (χ0v) is 11.5. The van der Waals surface area contributed by atoms with Gasteiger partial charge in [-0.25, -0.2) is 4.79 Å². The largest absolute Gasteiger partial charge is 0.329 e. The standard InChI is InChI=1S/C12H17ClFN3O2/c1-2-16-5-3-8(4-6-16)7-17-11(18)9(14)10(13)15-12(17)19/h8H,2-7H2,1H3,(H,15,19). The second-order valence-electron chi connectivity index (χ2n) is 4.85. The topological polar surface area (TPSA) is 58.1 Å². The Bertz CT molecular complexity index is 561. The van der Waals surface area contributed by atoms with Crippen LogP contribution in [0.3, 0.4) is 0 Å². The summed E-state index contributed by atoms with van der Waals surface area (Å²) in [4.78, 5) is 27.8. The number of piperidine rings is 1. The highest BCUT2D eigenvalue weighted by atomic mass is 35.5. The van der Waals surface area contributed by atoms with E-state index in [2.05, 4.69) is 16.8 Å². The molecule has 19 heavy (non-hydrogen) atoms. The molecule has 0 spiro atoms. The van der Waals surface area contributed by atoms with E-state index in [1.807, 2.05) is 0 Å². The van der Waals surface area contributed by atoms with Crippen molar-refractivity contribution >= 4 is 11.6 Å². The van der Waals surface area contributed by atoms with Gasteiger partial charge in [-0.15, -0.1) is 0 Å². The molecule has 2 rings (SSSR count). The minimum Gasteiger partial charge on any atom is -0.304 e. The fourth-order valence-electron chi connectivity index (χ4n) is 2.43. The molecule has 0 bridgehead atoms. The van der Waals surface area contributed by atoms with Crippen LogP contribution in [-0.4, -0.2) is 34.1 Å². The Morgan fingerprint density at radius 2 is 2.00 bits per heavy atom. The van der Waals surface area contributed by atoms with E-state index < -0.39 is 22.2 Å². The molecule has 0 unspecified atom stereocenters. The minimum atomic E-state index is -1.09. The van der Waals surface area contributed by atoms with Gasteiger partial charge in [0.15, 0.2) is 5.15 Å². The molecule has 0 amide bonds. The highest BCUT2D eigenvalue weighted by Gasteiger charge is 2.21. The third-order valence-electron chi connectivity index (χ3n) is 3.68. The van der Waals surface area contributed by atoms with E-state index in [0.717, 1.165) is 37.0 Å². The van der Waals surface area contributed by atoms with E-state index in [1.165, 1.54) is 0 Å². The summed E-state index contributed by atoms with van der Waals surface area (Å²) in [7, 11) is 0. The number of likely N-dealkylation sites (tertiary alicyclic amines) is 1. The van der Waals surface area contributed by atoms with Crippen LogP contribution in [0.4, 0.5) is 4.39 Å². The van der Waals surface area contributed by atoms with Crippen molar-refractivity contribution in [2.24, 2.45) is 5.92 Å². The van der Waals surface area contributed by atoms with Gasteiger partial charge >= 0.3 is 5.69 Å². The summed E-state index contributed by atoms with van der Waals surface area (Å²) in [5.74, 6) is -0.866. The van der Waals surface area contributed by atoms with Crippen LogP contribution in [0.5, 0.6) is 0 Å². The molecule has 5 nitrogen and oxygen atoms in total. The molecule has 1 saturated heterocycles. The summed E-state index contributed by atoms with van der Waals surface area (Å²) in [6.45, 7) is 5.25. The highest BCUT2D eigenvalue weighted by Crippen LogP contribution is 2.17. The van der Waals surface area contributed by atoms with Crippen molar-refractivity contribution in [3.63, 3.8) is 0 Å². The fraction of sp³-hybridized carbons (Fsp3) is 0.667. The smallest absolute Gasteiger partial charge is 0.304 e. The highest BCUT2D eigenvalue weighted by molar-refractivity contribution is 6.29. The van der Waals surface area contributed by atoms with Crippen molar-refractivity contribution in [3.8, 4) is 0 Å². The van der Waals surface area contributed by atoms with Crippen molar-refractivity contribution < 1.29 is 4.39 Å². The van der Waals surface area contributed by atoms with Gasteiger partial charge < -0.3 is 4.90 Å². The molecule has 106 valence electrons. The number of hydrogen-bond acceptors (Lipinski definition) is 3. The van der Waals surface area contributed by atoms with Crippen LogP contribution in [-0.2, 0) is 6.54 Å². The van der Waals surface area contributed by atoms with Crippen molar-refractivity contribution in [1.82, 2.24) is 14.5 Å². The molecular weight excluding hydrogens is 273 g/mol. The van der Waals surface area contributed by atoms with Crippen LogP contribution in [0.2, 0.25) is 5.15 Å². The predicted molar refractivity (Wildman–Crippen MR) is 71.1 cm³/mol. The third kappa shape index (κ3) is 3.06. The van der Waals surface area contributed by atoms with Crippen LogP contribution in [0.15, 0.2) is 9.59 Å². The lowest BCUT2D eigenvalue weighted by atomic mass is 9.97. The van der Waals surface area contributed by atoms with Gasteiger partial charge in [0.2, 0.25) is 5.82 Å². The summed E-state index contributed by atoms with van der Waals surface area (Å²) >= 11 is 5.42. The lowest BCUT2D eigenvalue weighted by Gasteiger charge is -2.31. The Morgan fingerprint density at radius 3 is 2.58 bits per heavy atom. The van der Waals surface area contributed by atoms with Gasteiger partial charge in [-0.1, -0.05) is 18.5 Å². The second kappa shape index (κ2) is 5.88. The number of aromatic amines is 1. The number of halogens is 2. The second-order valence-corrected chi connectivity index (χ2v) is 5.23. The van der Waals surface area contributed by atoms with Gasteiger partial charge in [0.05, 0.1) is 0 Å². The Labute approximate surface area is 115 Å². The lowest BCUT2D eigenvalue weighted by Crippen LogP contribution is -2.41. The normalized spacial score (nSPS) is 17.8. The van der Waals surface area contributed by atoms with Crippen molar-refractivity contribution in [1.29, 1.82) is 0 Å².